The number of rotatable bonds is 4. The standard InChI is InChI=1S/C19H22N4O/c1-12-5-4-7-14-13(10-21-19(12)14)9-18(24)20-11-17-15-6-2-3-8-16(15)22-23-17/h4-5,7,10,21H,2-3,6,8-9,11H2,1H3,(H,20,24)(H,22,23). The number of nitrogens with zero attached hydrogens (tertiary/aromatic N) is 1. The second-order valence-corrected chi connectivity index (χ2v) is 6.60. The van der Waals surface area contributed by atoms with Gasteiger partial charge >= 0.3 is 0 Å². The Bertz CT molecular complexity index is 890. The summed E-state index contributed by atoms with van der Waals surface area (Å²) >= 11 is 0. The molecule has 4 rings (SSSR count). The third-order valence-corrected chi connectivity index (χ3v) is 4.96. The summed E-state index contributed by atoms with van der Waals surface area (Å²) in [5.74, 6) is 0.0324. The molecule has 2 heterocycles. The lowest BCUT2D eigenvalue weighted by molar-refractivity contribution is -0.120. The first-order chi connectivity index (χ1) is 11.7. The summed E-state index contributed by atoms with van der Waals surface area (Å²) in [6.45, 7) is 2.58. The van der Waals surface area contributed by atoms with Gasteiger partial charge in [-0.05, 0) is 49.3 Å². The molecule has 3 N–H and O–H groups in total. The molecular formula is C19H22N4O. The van der Waals surface area contributed by atoms with E-state index in [-0.39, 0.29) is 5.91 Å². The summed E-state index contributed by atoms with van der Waals surface area (Å²) in [5, 5.41) is 11.6. The number of hydrogen-bond donors (Lipinski definition) is 3. The van der Waals surface area contributed by atoms with E-state index in [1.54, 1.807) is 0 Å². The van der Waals surface area contributed by atoms with Crippen molar-refractivity contribution in [2.24, 2.45) is 0 Å². The summed E-state index contributed by atoms with van der Waals surface area (Å²) in [5.41, 5.74) is 6.90. The molecule has 0 unspecified atom stereocenters. The highest BCUT2D eigenvalue weighted by atomic mass is 16.1. The lowest BCUT2D eigenvalue weighted by Gasteiger charge is -2.11. The molecule has 0 fully saturated rings. The Hall–Kier alpha value is -2.56. The fourth-order valence-corrected chi connectivity index (χ4v) is 3.62. The van der Waals surface area contributed by atoms with E-state index in [2.05, 4.69) is 39.6 Å². The van der Waals surface area contributed by atoms with Crippen molar-refractivity contribution in [1.82, 2.24) is 20.5 Å². The number of fused-ring (bicyclic) bond motifs is 2. The normalized spacial score (nSPS) is 13.9. The number of aromatic nitrogens is 3. The molecular weight excluding hydrogens is 300 g/mol. The van der Waals surface area contributed by atoms with Gasteiger partial charge in [0.25, 0.3) is 0 Å². The number of H-pyrrole nitrogens is 2. The number of carbonyl (C=O) groups is 1. The fraction of sp³-hybridized carbons (Fsp3) is 0.368. The molecule has 1 aromatic carbocycles. The maximum absolute atomic E-state index is 12.3. The van der Waals surface area contributed by atoms with Gasteiger partial charge in [-0.2, -0.15) is 5.10 Å². The lowest BCUT2D eigenvalue weighted by atomic mass is 9.96. The Morgan fingerprint density at radius 3 is 3.08 bits per heavy atom. The average Bonchev–Trinajstić information content (AvgIpc) is 3.18. The zero-order chi connectivity index (χ0) is 16.5. The van der Waals surface area contributed by atoms with Crippen LogP contribution in [0.25, 0.3) is 10.9 Å². The van der Waals surface area contributed by atoms with E-state index in [1.807, 2.05) is 12.3 Å². The summed E-state index contributed by atoms with van der Waals surface area (Å²) in [7, 11) is 0. The number of hydrogen-bond acceptors (Lipinski definition) is 2. The van der Waals surface area contributed by atoms with Crippen LogP contribution in [0.2, 0.25) is 0 Å². The summed E-state index contributed by atoms with van der Waals surface area (Å²) in [4.78, 5) is 15.6. The largest absolute Gasteiger partial charge is 0.361 e. The van der Waals surface area contributed by atoms with Crippen LogP contribution in [0, 0.1) is 6.92 Å². The molecule has 5 nitrogen and oxygen atoms in total. The lowest BCUT2D eigenvalue weighted by Crippen LogP contribution is -2.25. The van der Waals surface area contributed by atoms with E-state index >= 15 is 0 Å². The Balaban J connectivity index is 1.43. The quantitative estimate of drug-likeness (QED) is 0.691. The Morgan fingerprint density at radius 1 is 1.29 bits per heavy atom. The molecule has 0 saturated heterocycles. The van der Waals surface area contributed by atoms with Crippen molar-refractivity contribution in [1.29, 1.82) is 0 Å². The molecule has 0 bridgehead atoms. The first-order valence-corrected chi connectivity index (χ1v) is 8.59. The SMILES string of the molecule is Cc1cccc2c(CC(=O)NCc3n[nH]c4c3CCCC4)c[nH]c12. The summed E-state index contributed by atoms with van der Waals surface area (Å²) in [6, 6.07) is 6.16. The molecule has 5 heteroatoms. The average molecular weight is 322 g/mol. The van der Waals surface area contributed by atoms with Crippen molar-refractivity contribution in [3.63, 3.8) is 0 Å². The van der Waals surface area contributed by atoms with Gasteiger partial charge in [-0.15, -0.1) is 0 Å². The van der Waals surface area contributed by atoms with Crippen molar-refractivity contribution >= 4 is 16.8 Å². The number of carbonyl (C=O) groups excluding carboxylic acids is 1. The number of aryl methyl sites for hydroxylation is 2. The predicted octanol–water partition coefficient (Wildman–Crippen LogP) is 2.94. The third-order valence-electron chi connectivity index (χ3n) is 4.96. The first kappa shape index (κ1) is 15.0. The molecule has 24 heavy (non-hydrogen) atoms. The monoisotopic (exact) mass is 322 g/mol. The van der Waals surface area contributed by atoms with Gasteiger partial charge in [0.2, 0.25) is 5.91 Å². The molecule has 0 spiro atoms. The maximum atomic E-state index is 12.3. The maximum Gasteiger partial charge on any atom is 0.224 e. The van der Waals surface area contributed by atoms with Crippen LogP contribution in [0.5, 0.6) is 0 Å². The van der Waals surface area contributed by atoms with Gasteiger partial charge in [-0.25, -0.2) is 0 Å². The van der Waals surface area contributed by atoms with Crippen LogP contribution in [0.1, 0.15) is 40.9 Å². The van der Waals surface area contributed by atoms with Crippen LogP contribution < -0.4 is 5.32 Å². The van der Waals surface area contributed by atoms with Gasteiger partial charge in [0.1, 0.15) is 0 Å². The Morgan fingerprint density at radius 2 is 2.17 bits per heavy atom. The molecule has 0 saturated carbocycles. The van der Waals surface area contributed by atoms with Crippen molar-refractivity contribution in [3.05, 3.63) is 52.5 Å². The molecule has 0 atom stereocenters. The molecule has 124 valence electrons. The highest BCUT2D eigenvalue weighted by molar-refractivity contribution is 5.90. The van der Waals surface area contributed by atoms with Gasteiger partial charge in [-0.3, -0.25) is 9.89 Å². The van der Waals surface area contributed by atoms with Crippen LogP contribution >= 0.6 is 0 Å². The molecule has 1 aliphatic carbocycles. The second kappa shape index (κ2) is 6.15. The van der Waals surface area contributed by atoms with Gasteiger partial charge in [0.15, 0.2) is 0 Å². The van der Waals surface area contributed by atoms with E-state index in [4.69, 9.17) is 0 Å². The van der Waals surface area contributed by atoms with Crippen LogP contribution in [-0.4, -0.2) is 21.1 Å². The zero-order valence-electron chi connectivity index (χ0n) is 13.9. The smallest absolute Gasteiger partial charge is 0.224 e. The van der Waals surface area contributed by atoms with E-state index in [9.17, 15) is 4.79 Å². The van der Waals surface area contributed by atoms with Crippen LogP contribution in [-0.2, 0) is 30.6 Å². The van der Waals surface area contributed by atoms with Crippen LogP contribution in [0.15, 0.2) is 24.4 Å². The Labute approximate surface area is 140 Å². The van der Waals surface area contributed by atoms with E-state index in [0.717, 1.165) is 35.0 Å². The van der Waals surface area contributed by atoms with Crippen LogP contribution in [0.4, 0.5) is 0 Å². The molecule has 1 aliphatic rings. The van der Waals surface area contributed by atoms with E-state index in [1.165, 1.54) is 29.7 Å². The molecule has 0 aliphatic heterocycles. The molecule has 1 amide bonds. The Kier molecular flexibility index (Phi) is 3.84. The first-order valence-electron chi connectivity index (χ1n) is 8.59. The second-order valence-electron chi connectivity index (χ2n) is 6.60. The molecule has 3 aromatic rings. The van der Waals surface area contributed by atoms with Gasteiger partial charge < -0.3 is 10.3 Å². The summed E-state index contributed by atoms with van der Waals surface area (Å²) in [6.07, 6.45) is 6.90. The minimum Gasteiger partial charge on any atom is -0.361 e. The van der Waals surface area contributed by atoms with Crippen molar-refractivity contribution in [3.8, 4) is 0 Å². The zero-order valence-corrected chi connectivity index (χ0v) is 13.9. The predicted molar refractivity (Wildman–Crippen MR) is 93.8 cm³/mol. The fourth-order valence-electron chi connectivity index (χ4n) is 3.62. The minimum atomic E-state index is 0.0324. The number of para-hydroxylation sites is 1. The van der Waals surface area contributed by atoms with E-state index in [0.29, 0.717) is 13.0 Å². The van der Waals surface area contributed by atoms with Crippen molar-refractivity contribution < 1.29 is 4.79 Å². The number of nitrogens with one attached hydrogen (secondary N) is 3. The molecule has 0 radical (unpaired) electrons. The van der Waals surface area contributed by atoms with Gasteiger partial charge in [0.05, 0.1) is 18.7 Å². The number of benzene rings is 1. The highest BCUT2D eigenvalue weighted by Crippen LogP contribution is 2.23. The van der Waals surface area contributed by atoms with Crippen LogP contribution in [0.3, 0.4) is 0 Å². The topological polar surface area (TPSA) is 73.6 Å². The number of amides is 1. The number of aromatic amines is 2. The van der Waals surface area contributed by atoms with E-state index < -0.39 is 0 Å². The van der Waals surface area contributed by atoms with Gasteiger partial charge in [-0.1, -0.05) is 18.2 Å². The summed E-state index contributed by atoms with van der Waals surface area (Å²) < 4.78 is 0. The third kappa shape index (κ3) is 2.70. The van der Waals surface area contributed by atoms with Crippen molar-refractivity contribution in [2.75, 3.05) is 0 Å². The van der Waals surface area contributed by atoms with Crippen molar-refractivity contribution in [2.45, 2.75) is 45.6 Å². The highest BCUT2D eigenvalue weighted by Gasteiger charge is 2.17. The van der Waals surface area contributed by atoms with Gasteiger partial charge in [0, 0.05) is 22.8 Å². The minimum absolute atomic E-state index is 0.0324. The molecule has 2 aromatic heterocycles.